The number of nitrogens with zero attached hydrogens (tertiary/aromatic N) is 2. The van der Waals surface area contributed by atoms with E-state index in [2.05, 4.69) is 170 Å². The van der Waals surface area contributed by atoms with Crippen LogP contribution in [0.5, 0.6) is 5.75 Å². The van der Waals surface area contributed by atoms with Gasteiger partial charge in [-0.3, -0.25) is 0 Å². The summed E-state index contributed by atoms with van der Waals surface area (Å²) in [4.78, 5) is 10.0. The minimum Gasteiger partial charge on any atom is -0.485 e. The number of rotatable bonds is 4. The third-order valence-corrected chi connectivity index (χ3v) is 11.6. The van der Waals surface area contributed by atoms with E-state index < -0.39 is 5.41 Å². The van der Waals surface area contributed by atoms with Gasteiger partial charge in [0.15, 0.2) is 5.82 Å². The largest absolute Gasteiger partial charge is 0.485 e. The Morgan fingerprint density at radius 2 is 1.06 bits per heavy atom. The molecule has 0 fully saturated rings. The van der Waals surface area contributed by atoms with Crippen LogP contribution >= 0.6 is 0 Å². The summed E-state index contributed by atoms with van der Waals surface area (Å²) in [6, 6.07) is 62.7. The highest BCUT2D eigenvalue weighted by molar-refractivity contribution is 5.94. The zero-order chi connectivity index (χ0) is 35.6. The molecule has 8 aromatic rings. The van der Waals surface area contributed by atoms with E-state index in [0.29, 0.717) is 0 Å². The molecule has 254 valence electrons. The van der Waals surface area contributed by atoms with Crippen LogP contribution in [-0.2, 0) is 5.41 Å². The van der Waals surface area contributed by atoms with Crippen molar-refractivity contribution in [3.05, 3.63) is 216 Å². The first-order valence-electron chi connectivity index (χ1n) is 18.7. The van der Waals surface area contributed by atoms with Gasteiger partial charge >= 0.3 is 0 Å². The first kappa shape index (κ1) is 30.8. The third kappa shape index (κ3) is 4.48. The van der Waals surface area contributed by atoms with E-state index in [1.807, 2.05) is 24.3 Å². The second-order valence-corrected chi connectivity index (χ2v) is 14.4. The van der Waals surface area contributed by atoms with E-state index in [1.165, 1.54) is 44.5 Å². The SMILES string of the molecule is C1=CC2C(Oc3ccccc3C23c2ccccc2-c2ccccc23)C(c2ccccc2-c2ccc(-c3nc(-c4ccccc4)nc4ccccc34)cc2)=C1. The van der Waals surface area contributed by atoms with Crippen LogP contribution in [0.25, 0.3) is 61.4 Å². The zero-order valence-electron chi connectivity index (χ0n) is 29.4. The van der Waals surface area contributed by atoms with Crippen molar-refractivity contribution in [2.24, 2.45) is 5.92 Å². The number of aromatic nitrogens is 2. The molecule has 0 radical (unpaired) electrons. The Kier molecular flexibility index (Phi) is 6.90. The molecule has 0 saturated heterocycles. The second-order valence-electron chi connectivity index (χ2n) is 14.4. The van der Waals surface area contributed by atoms with Crippen molar-refractivity contribution in [3.8, 4) is 50.6 Å². The molecular weight excluding hydrogens is 657 g/mol. The van der Waals surface area contributed by atoms with E-state index in [4.69, 9.17) is 14.7 Å². The predicted octanol–water partition coefficient (Wildman–Crippen LogP) is 12.0. The lowest BCUT2D eigenvalue weighted by Gasteiger charge is -2.49. The maximum atomic E-state index is 7.14. The quantitative estimate of drug-likeness (QED) is 0.184. The van der Waals surface area contributed by atoms with Gasteiger partial charge < -0.3 is 4.74 Å². The van der Waals surface area contributed by atoms with E-state index in [-0.39, 0.29) is 12.0 Å². The van der Waals surface area contributed by atoms with Gasteiger partial charge in [0.2, 0.25) is 0 Å². The van der Waals surface area contributed by atoms with Crippen LogP contribution in [0.15, 0.2) is 194 Å². The summed E-state index contributed by atoms with van der Waals surface area (Å²) in [6.45, 7) is 0. The van der Waals surface area contributed by atoms with Crippen molar-refractivity contribution in [2.75, 3.05) is 0 Å². The van der Waals surface area contributed by atoms with Crippen LogP contribution in [-0.4, -0.2) is 16.1 Å². The van der Waals surface area contributed by atoms with Gasteiger partial charge in [0, 0.05) is 33.6 Å². The van der Waals surface area contributed by atoms with Gasteiger partial charge in [-0.05, 0) is 51.1 Å². The number of para-hydroxylation sites is 2. The van der Waals surface area contributed by atoms with E-state index >= 15 is 0 Å². The molecular formula is C51H34N2O. The molecule has 2 unspecified atom stereocenters. The van der Waals surface area contributed by atoms with Gasteiger partial charge in [-0.1, -0.05) is 182 Å². The fraction of sp³-hybridized carbons (Fsp3) is 0.0588. The fourth-order valence-electron chi connectivity index (χ4n) is 9.36. The van der Waals surface area contributed by atoms with Crippen LogP contribution < -0.4 is 4.74 Å². The van der Waals surface area contributed by atoms with Crippen molar-refractivity contribution < 1.29 is 4.74 Å². The van der Waals surface area contributed by atoms with Gasteiger partial charge in [-0.2, -0.15) is 0 Å². The Balaban J connectivity index is 1.03. The fourth-order valence-corrected chi connectivity index (χ4v) is 9.36. The Morgan fingerprint density at radius 3 is 1.81 bits per heavy atom. The summed E-state index contributed by atoms with van der Waals surface area (Å²) in [7, 11) is 0. The Labute approximate surface area is 314 Å². The van der Waals surface area contributed by atoms with Crippen molar-refractivity contribution in [1.29, 1.82) is 0 Å². The molecule has 0 amide bonds. The monoisotopic (exact) mass is 690 g/mol. The lowest BCUT2D eigenvalue weighted by atomic mass is 9.59. The molecule has 0 saturated carbocycles. The molecule has 1 aromatic heterocycles. The summed E-state index contributed by atoms with van der Waals surface area (Å²) >= 11 is 0. The topological polar surface area (TPSA) is 35.0 Å². The van der Waals surface area contributed by atoms with Gasteiger partial charge in [-0.15, -0.1) is 0 Å². The molecule has 0 bridgehead atoms. The molecule has 2 aliphatic carbocycles. The summed E-state index contributed by atoms with van der Waals surface area (Å²) in [5, 5.41) is 1.04. The molecule has 7 aromatic carbocycles. The van der Waals surface area contributed by atoms with Crippen LogP contribution in [0, 0.1) is 5.92 Å². The summed E-state index contributed by atoms with van der Waals surface area (Å²) in [5.74, 6) is 1.71. The highest BCUT2D eigenvalue weighted by Crippen LogP contribution is 2.62. The summed E-state index contributed by atoms with van der Waals surface area (Å²) < 4.78 is 7.14. The minimum absolute atomic E-state index is 0.0393. The Bertz CT molecular complexity index is 2770. The van der Waals surface area contributed by atoms with Crippen molar-refractivity contribution >= 4 is 16.5 Å². The van der Waals surface area contributed by atoms with Crippen LogP contribution in [0.1, 0.15) is 22.3 Å². The van der Waals surface area contributed by atoms with Crippen molar-refractivity contribution in [3.63, 3.8) is 0 Å². The highest BCUT2D eigenvalue weighted by atomic mass is 16.5. The minimum atomic E-state index is -0.391. The first-order chi connectivity index (χ1) is 26.8. The lowest BCUT2D eigenvalue weighted by molar-refractivity contribution is 0.149. The molecule has 1 spiro atoms. The van der Waals surface area contributed by atoms with Gasteiger partial charge in [0.1, 0.15) is 11.9 Å². The van der Waals surface area contributed by atoms with Crippen molar-refractivity contribution in [2.45, 2.75) is 11.5 Å². The lowest BCUT2D eigenvalue weighted by Crippen LogP contribution is -2.49. The molecule has 0 N–H and O–H groups in total. The van der Waals surface area contributed by atoms with E-state index in [1.54, 1.807) is 0 Å². The molecule has 2 heterocycles. The number of hydrogen-bond donors (Lipinski definition) is 0. The van der Waals surface area contributed by atoms with E-state index in [0.717, 1.165) is 44.9 Å². The van der Waals surface area contributed by atoms with Gasteiger partial charge in [-0.25, -0.2) is 9.97 Å². The van der Waals surface area contributed by atoms with Crippen molar-refractivity contribution in [1.82, 2.24) is 9.97 Å². The van der Waals surface area contributed by atoms with Gasteiger partial charge in [0.05, 0.1) is 16.6 Å². The normalized spacial score (nSPS) is 17.2. The van der Waals surface area contributed by atoms with Crippen LogP contribution in [0.2, 0.25) is 0 Å². The second kappa shape index (κ2) is 12.1. The smallest absolute Gasteiger partial charge is 0.160 e. The van der Waals surface area contributed by atoms with Crippen LogP contribution in [0.3, 0.4) is 0 Å². The number of hydrogen-bond acceptors (Lipinski definition) is 3. The maximum Gasteiger partial charge on any atom is 0.160 e. The summed E-state index contributed by atoms with van der Waals surface area (Å²) in [6.07, 6.45) is 6.70. The van der Waals surface area contributed by atoms with E-state index in [9.17, 15) is 0 Å². The van der Waals surface area contributed by atoms with Crippen LogP contribution in [0.4, 0.5) is 0 Å². The number of fused-ring (bicyclic) bond motifs is 10. The van der Waals surface area contributed by atoms with Gasteiger partial charge in [0.25, 0.3) is 0 Å². The molecule has 3 heteroatoms. The predicted molar refractivity (Wildman–Crippen MR) is 219 cm³/mol. The number of ether oxygens (including phenoxy) is 1. The molecule has 3 nitrogen and oxygen atoms in total. The third-order valence-electron chi connectivity index (χ3n) is 11.6. The molecule has 1 aliphatic heterocycles. The highest BCUT2D eigenvalue weighted by Gasteiger charge is 2.57. The Morgan fingerprint density at radius 1 is 0.463 bits per heavy atom. The number of benzene rings is 7. The zero-order valence-corrected chi connectivity index (χ0v) is 29.4. The standard InChI is InChI=1S/C51H34N2O/c1-2-15-35(16-3-1)50-52-46-27-12-8-21-41(46)48(53-50)34-31-29-33(30-32-34)36-17-4-5-18-37(36)40-22-14-26-45-49(40)54-47-28-13-11-25-44(47)51(45)42-23-9-6-19-38(42)39-20-7-10-24-43(39)51/h1-32,45,49H. The maximum absolute atomic E-state index is 7.14. The number of allylic oxidation sites excluding steroid dienone is 2. The Hall–Kier alpha value is -6.84. The summed E-state index contributed by atoms with van der Waals surface area (Å²) in [5.41, 5.74) is 14.7. The molecule has 2 atom stereocenters. The first-order valence-corrected chi connectivity index (χ1v) is 18.7. The molecule has 54 heavy (non-hydrogen) atoms. The molecule has 3 aliphatic rings. The average molecular weight is 691 g/mol. The molecule has 11 rings (SSSR count). The average Bonchev–Trinajstić information content (AvgIpc) is 3.54.